The highest BCUT2D eigenvalue weighted by Crippen LogP contribution is 2.14. The third-order valence-electron chi connectivity index (χ3n) is 3.15. The highest BCUT2D eigenvalue weighted by atomic mass is 16.1. The van der Waals surface area contributed by atoms with E-state index in [1.807, 2.05) is 42.6 Å². The molecule has 0 aliphatic rings. The van der Waals surface area contributed by atoms with E-state index in [1.54, 1.807) is 6.20 Å². The Morgan fingerprint density at radius 3 is 2.63 bits per heavy atom. The summed E-state index contributed by atoms with van der Waals surface area (Å²) in [6.45, 7) is 0. The minimum Gasteiger partial charge on any atom is -0.267 e. The van der Waals surface area contributed by atoms with Gasteiger partial charge in [0.15, 0.2) is 0 Å². The lowest BCUT2D eigenvalue weighted by Crippen LogP contribution is -2.11. The Hall–Kier alpha value is -2.49. The van der Waals surface area contributed by atoms with Crippen molar-refractivity contribution in [1.29, 1.82) is 0 Å². The van der Waals surface area contributed by atoms with Gasteiger partial charge in [-0.1, -0.05) is 24.3 Å². The Morgan fingerprint density at radius 2 is 1.84 bits per heavy atom. The maximum absolute atomic E-state index is 11.7. The molecule has 0 unspecified atom stereocenters. The zero-order chi connectivity index (χ0) is 13.1. The summed E-state index contributed by atoms with van der Waals surface area (Å²) >= 11 is 0. The molecule has 1 aromatic carbocycles. The number of aryl methyl sites for hydroxylation is 2. The summed E-state index contributed by atoms with van der Waals surface area (Å²) in [5.41, 5.74) is 1.94. The number of nitrogens with one attached hydrogen (secondary N) is 1. The van der Waals surface area contributed by atoms with Crippen molar-refractivity contribution in [2.24, 2.45) is 0 Å². The van der Waals surface area contributed by atoms with Crippen LogP contribution >= 0.6 is 0 Å². The predicted molar refractivity (Wildman–Crippen MR) is 74.0 cm³/mol. The number of rotatable bonds is 3. The zero-order valence-electron chi connectivity index (χ0n) is 10.3. The molecule has 2 heterocycles. The second kappa shape index (κ2) is 5.02. The molecule has 1 N–H and O–H groups in total. The van der Waals surface area contributed by atoms with Gasteiger partial charge in [0.05, 0.1) is 11.1 Å². The maximum Gasteiger partial charge on any atom is 0.272 e. The van der Waals surface area contributed by atoms with Gasteiger partial charge >= 0.3 is 0 Å². The first-order chi connectivity index (χ1) is 9.34. The number of benzene rings is 1. The molecule has 0 saturated heterocycles. The van der Waals surface area contributed by atoms with Crippen molar-refractivity contribution in [2.45, 2.75) is 12.8 Å². The number of hydrogen-bond donors (Lipinski definition) is 1. The Kier molecular flexibility index (Phi) is 3.06. The van der Waals surface area contributed by atoms with Crippen LogP contribution in [0.15, 0.2) is 53.6 Å². The Labute approximate surface area is 110 Å². The molecule has 3 rings (SSSR count). The van der Waals surface area contributed by atoms with E-state index in [0.717, 1.165) is 23.9 Å². The smallest absolute Gasteiger partial charge is 0.267 e. The zero-order valence-corrected chi connectivity index (χ0v) is 10.3. The van der Waals surface area contributed by atoms with Gasteiger partial charge in [-0.05, 0) is 30.5 Å². The SMILES string of the molecule is O=c1[nH]nc(CCc2cccnc2)c2ccccc12. The molecule has 19 heavy (non-hydrogen) atoms. The van der Waals surface area contributed by atoms with Crippen LogP contribution in [0.5, 0.6) is 0 Å². The van der Waals surface area contributed by atoms with Crippen LogP contribution in [0.1, 0.15) is 11.3 Å². The summed E-state index contributed by atoms with van der Waals surface area (Å²) < 4.78 is 0. The molecule has 0 amide bonds. The third-order valence-corrected chi connectivity index (χ3v) is 3.15. The standard InChI is InChI=1S/C15H13N3O/c19-15-13-6-2-1-5-12(13)14(17-18-15)8-7-11-4-3-9-16-10-11/h1-6,9-10H,7-8H2,(H,18,19). The number of nitrogens with zero attached hydrogens (tertiary/aromatic N) is 2. The fourth-order valence-corrected chi connectivity index (χ4v) is 2.17. The van der Waals surface area contributed by atoms with Crippen LogP contribution in [0.25, 0.3) is 10.8 Å². The molecule has 0 saturated carbocycles. The fraction of sp³-hybridized carbons (Fsp3) is 0.133. The summed E-state index contributed by atoms with van der Waals surface area (Å²) in [6, 6.07) is 11.5. The van der Waals surface area contributed by atoms with Crippen molar-refractivity contribution < 1.29 is 0 Å². The molecular formula is C15H13N3O. The van der Waals surface area contributed by atoms with Crippen molar-refractivity contribution in [1.82, 2.24) is 15.2 Å². The largest absolute Gasteiger partial charge is 0.272 e. The average Bonchev–Trinajstić information content (AvgIpc) is 2.48. The molecule has 4 heteroatoms. The lowest BCUT2D eigenvalue weighted by Gasteiger charge is -2.04. The van der Waals surface area contributed by atoms with Gasteiger partial charge in [0.25, 0.3) is 5.56 Å². The summed E-state index contributed by atoms with van der Waals surface area (Å²) in [7, 11) is 0. The molecule has 0 radical (unpaired) electrons. The summed E-state index contributed by atoms with van der Waals surface area (Å²) in [4.78, 5) is 15.8. The molecule has 0 bridgehead atoms. The van der Waals surface area contributed by atoms with Crippen molar-refractivity contribution in [3.8, 4) is 0 Å². The molecule has 0 atom stereocenters. The molecule has 94 valence electrons. The average molecular weight is 251 g/mol. The molecule has 3 aromatic rings. The molecule has 0 aliphatic heterocycles. The maximum atomic E-state index is 11.7. The summed E-state index contributed by atoms with van der Waals surface area (Å²) in [5.74, 6) is 0. The molecule has 4 nitrogen and oxygen atoms in total. The van der Waals surface area contributed by atoms with E-state index < -0.39 is 0 Å². The van der Waals surface area contributed by atoms with Gasteiger partial charge in [0.1, 0.15) is 0 Å². The highest BCUT2D eigenvalue weighted by Gasteiger charge is 2.05. The molecular weight excluding hydrogens is 238 g/mol. The van der Waals surface area contributed by atoms with Gasteiger partial charge in [-0.25, -0.2) is 5.10 Å². The van der Waals surface area contributed by atoms with Gasteiger partial charge in [0, 0.05) is 17.8 Å². The quantitative estimate of drug-likeness (QED) is 0.775. The number of fused-ring (bicyclic) bond motifs is 1. The first-order valence-corrected chi connectivity index (χ1v) is 6.20. The van der Waals surface area contributed by atoms with Crippen molar-refractivity contribution >= 4 is 10.8 Å². The second-order valence-corrected chi connectivity index (χ2v) is 4.41. The molecule has 0 fully saturated rings. The van der Waals surface area contributed by atoms with Gasteiger partial charge < -0.3 is 0 Å². The first-order valence-electron chi connectivity index (χ1n) is 6.20. The van der Waals surface area contributed by atoms with Gasteiger partial charge in [-0.15, -0.1) is 0 Å². The Bertz CT molecular complexity index is 750. The van der Waals surface area contributed by atoms with Crippen LogP contribution in [0, 0.1) is 0 Å². The molecule has 0 aliphatic carbocycles. The predicted octanol–water partition coefficient (Wildman–Crippen LogP) is 2.10. The van der Waals surface area contributed by atoms with Crippen LogP contribution in [0.3, 0.4) is 0 Å². The van der Waals surface area contributed by atoms with Crippen molar-refractivity contribution in [2.75, 3.05) is 0 Å². The van der Waals surface area contributed by atoms with Crippen LogP contribution in [-0.2, 0) is 12.8 Å². The topological polar surface area (TPSA) is 58.6 Å². The van der Waals surface area contributed by atoms with E-state index in [9.17, 15) is 4.79 Å². The van der Waals surface area contributed by atoms with Crippen LogP contribution in [0.2, 0.25) is 0 Å². The van der Waals surface area contributed by atoms with Crippen molar-refractivity contribution in [3.05, 3.63) is 70.4 Å². The van der Waals surface area contributed by atoms with E-state index in [4.69, 9.17) is 0 Å². The van der Waals surface area contributed by atoms with Crippen LogP contribution in [0.4, 0.5) is 0 Å². The number of aromatic nitrogens is 3. The van der Waals surface area contributed by atoms with E-state index in [0.29, 0.717) is 5.39 Å². The highest BCUT2D eigenvalue weighted by molar-refractivity contribution is 5.83. The second-order valence-electron chi connectivity index (χ2n) is 4.41. The van der Waals surface area contributed by atoms with E-state index >= 15 is 0 Å². The fourth-order valence-electron chi connectivity index (χ4n) is 2.17. The summed E-state index contributed by atoms with van der Waals surface area (Å²) in [5, 5.41) is 8.34. The normalized spacial score (nSPS) is 10.7. The third kappa shape index (κ3) is 2.38. The monoisotopic (exact) mass is 251 g/mol. The minimum absolute atomic E-state index is 0.138. The van der Waals surface area contributed by atoms with Crippen LogP contribution in [-0.4, -0.2) is 15.2 Å². The first kappa shape index (κ1) is 11.6. The lowest BCUT2D eigenvalue weighted by molar-refractivity contribution is 0.860. The Balaban J connectivity index is 1.94. The minimum atomic E-state index is -0.138. The van der Waals surface area contributed by atoms with E-state index in [2.05, 4.69) is 15.2 Å². The van der Waals surface area contributed by atoms with E-state index in [1.165, 1.54) is 5.56 Å². The number of H-pyrrole nitrogens is 1. The summed E-state index contributed by atoms with van der Waals surface area (Å²) in [6.07, 6.45) is 5.25. The van der Waals surface area contributed by atoms with E-state index in [-0.39, 0.29) is 5.56 Å². The van der Waals surface area contributed by atoms with Gasteiger partial charge in [-0.3, -0.25) is 9.78 Å². The van der Waals surface area contributed by atoms with Crippen molar-refractivity contribution in [3.63, 3.8) is 0 Å². The molecule has 0 spiro atoms. The number of pyridine rings is 1. The lowest BCUT2D eigenvalue weighted by atomic mass is 10.1. The van der Waals surface area contributed by atoms with Crippen LogP contribution < -0.4 is 5.56 Å². The number of hydrogen-bond acceptors (Lipinski definition) is 3. The molecule has 2 aromatic heterocycles. The number of aromatic amines is 1. The Morgan fingerprint density at radius 1 is 1.00 bits per heavy atom. The van der Waals surface area contributed by atoms with Gasteiger partial charge in [-0.2, -0.15) is 5.10 Å². The van der Waals surface area contributed by atoms with Gasteiger partial charge in [0.2, 0.25) is 0 Å².